The Morgan fingerprint density at radius 3 is 1.58 bits per heavy atom. The fourth-order valence-corrected chi connectivity index (χ4v) is 3.20. The van der Waals surface area contributed by atoms with Gasteiger partial charge >= 0.3 is 0 Å². The van der Waals surface area contributed by atoms with E-state index in [0.29, 0.717) is 12.8 Å². The monoisotopic (exact) mass is 384 g/mol. The van der Waals surface area contributed by atoms with Crippen LogP contribution in [0.1, 0.15) is 122 Å². The lowest BCUT2D eigenvalue weighted by Crippen LogP contribution is -2.00. The zero-order valence-electron chi connectivity index (χ0n) is 17.1. The molecule has 152 valence electrons. The summed E-state index contributed by atoms with van der Waals surface area (Å²) < 4.78 is 0. The van der Waals surface area contributed by atoms with Crippen LogP contribution in [0.3, 0.4) is 0 Å². The molecule has 0 aliphatic rings. The number of unbranched alkanes of at least 4 members (excludes halogenated alkanes) is 13. The minimum Gasteiger partial charge on any atom is -0.300 e. The Morgan fingerprint density at radius 2 is 1.08 bits per heavy atom. The van der Waals surface area contributed by atoms with Crippen molar-refractivity contribution in [3.05, 3.63) is 12.2 Å². The van der Waals surface area contributed by atoms with Gasteiger partial charge < -0.3 is 0 Å². The molecule has 0 bridgehead atoms. The minimum absolute atomic E-state index is 0.173. The highest BCUT2D eigenvalue weighted by atomic mass is 35.5. The normalized spacial score (nSPS) is 11.3. The van der Waals surface area contributed by atoms with Crippen LogP contribution in [0.2, 0.25) is 0 Å². The third kappa shape index (κ3) is 21.4. The maximum atomic E-state index is 11.5. The van der Waals surface area contributed by atoms with Gasteiger partial charge in [0, 0.05) is 19.3 Å². The quantitative estimate of drug-likeness (QED) is 0.121. The van der Waals surface area contributed by atoms with Crippen molar-refractivity contribution in [1.29, 1.82) is 0 Å². The summed E-state index contributed by atoms with van der Waals surface area (Å²) in [6.45, 7) is 2.27. The lowest BCUT2D eigenvalue weighted by molar-refractivity contribution is -0.121. The van der Waals surface area contributed by atoms with E-state index in [9.17, 15) is 9.59 Å². The van der Waals surface area contributed by atoms with Gasteiger partial charge in [-0.3, -0.25) is 9.59 Å². The summed E-state index contributed by atoms with van der Waals surface area (Å²) in [6.07, 6.45) is 25.1. The van der Waals surface area contributed by atoms with Gasteiger partial charge in [0.2, 0.25) is 5.24 Å². The Morgan fingerprint density at radius 1 is 0.615 bits per heavy atom. The number of Topliss-reactive ketones (excluding diaryl/α,β-unsaturated/α-hetero) is 1. The zero-order chi connectivity index (χ0) is 19.3. The number of allylic oxidation sites excluding steroid dienone is 2. The molecule has 0 saturated carbocycles. The summed E-state index contributed by atoms with van der Waals surface area (Å²) in [5, 5.41) is -0.407. The SMILES string of the molecule is CCCCCCCC/C=C/CCCCCCCCCC(=O)CCC(=O)Cl. The maximum Gasteiger partial charge on any atom is 0.222 e. The van der Waals surface area contributed by atoms with Crippen molar-refractivity contribution in [3.63, 3.8) is 0 Å². The maximum absolute atomic E-state index is 11.5. The second kappa shape index (κ2) is 20.7. The molecule has 0 atom stereocenters. The van der Waals surface area contributed by atoms with Crippen LogP contribution in [0.15, 0.2) is 12.2 Å². The van der Waals surface area contributed by atoms with E-state index in [1.165, 1.54) is 83.5 Å². The Hall–Kier alpha value is -0.630. The Labute approximate surface area is 167 Å². The predicted molar refractivity (Wildman–Crippen MR) is 114 cm³/mol. The number of carbonyl (C=O) groups excluding carboxylic acids is 2. The highest BCUT2D eigenvalue weighted by Gasteiger charge is 2.04. The molecule has 0 radical (unpaired) electrons. The van der Waals surface area contributed by atoms with Crippen LogP contribution in [-0.2, 0) is 9.59 Å². The van der Waals surface area contributed by atoms with Crippen LogP contribution in [0.5, 0.6) is 0 Å². The molecule has 3 heteroatoms. The van der Waals surface area contributed by atoms with Crippen molar-refractivity contribution in [2.75, 3.05) is 0 Å². The third-order valence-corrected chi connectivity index (χ3v) is 5.01. The first-order valence-electron chi connectivity index (χ1n) is 11.0. The molecule has 0 N–H and O–H groups in total. The van der Waals surface area contributed by atoms with Crippen LogP contribution in [0, 0.1) is 0 Å². The van der Waals surface area contributed by atoms with Crippen molar-refractivity contribution in [1.82, 2.24) is 0 Å². The first-order valence-corrected chi connectivity index (χ1v) is 11.4. The average molecular weight is 385 g/mol. The van der Waals surface area contributed by atoms with Gasteiger partial charge in [0.05, 0.1) is 0 Å². The molecule has 0 unspecified atom stereocenters. The summed E-state index contributed by atoms with van der Waals surface area (Å²) >= 11 is 5.23. The van der Waals surface area contributed by atoms with Crippen LogP contribution in [0.4, 0.5) is 0 Å². The largest absolute Gasteiger partial charge is 0.300 e. The Kier molecular flexibility index (Phi) is 20.2. The van der Waals surface area contributed by atoms with E-state index in [-0.39, 0.29) is 12.2 Å². The minimum atomic E-state index is -0.407. The molecule has 0 aromatic heterocycles. The van der Waals surface area contributed by atoms with Crippen LogP contribution in [-0.4, -0.2) is 11.0 Å². The molecular formula is C23H41ClO2. The van der Waals surface area contributed by atoms with Crippen molar-refractivity contribution < 1.29 is 9.59 Å². The van der Waals surface area contributed by atoms with Crippen molar-refractivity contribution in [2.24, 2.45) is 0 Å². The fraction of sp³-hybridized carbons (Fsp3) is 0.826. The molecule has 0 aromatic rings. The van der Waals surface area contributed by atoms with E-state index in [2.05, 4.69) is 19.1 Å². The molecule has 0 aromatic carbocycles. The van der Waals surface area contributed by atoms with Gasteiger partial charge in [-0.2, -0.15) is 0 Å². The summed E-state index contributed by atoms with van der Waals surface area (Å²) in [5.74, 6) is 0.173. The summed E-state index contributed by atoms with van der Waals surface area (Å²) in [4.78, 5) is 22.1. The van der Waals surface area contributed by atoms with Gasteiger partial charge in [-0.05, 0) is 43.7 Å². The number of carbonyl (C=O) groups is 2. The van der Waals surface area contributed by atoms with Gasteiger partial charge in [0.25, 0.3) is 0 Å². The van der Waals surface area contributed by atoms with Gasteiger partial charge in [0.1, 0.15) is 5.78 Å². The predicted octanol–water partition coefficient (Wildman–Crippen LogP) is 7.92. The first-order chi connectivity index (χ1) is 12.7. The van der Waals surface area contributed by atoms with Crippen molar-refractivity contribution in [3.8, 4) is 0 Å². The topological polar surface area (TPSA) is 34.1 Å². The molecule has 2 nitrogen and oxygen atoms in total. The van der Waals surface area contributed by atoms with E-state index >= 15 is 0 Å². The molecule has 0 fully saturated rings. The number of rotatable bonds is 20. The Bertz CT molecular complexity index is 363. The molecule has 0 rings (SSSR count). The number of hydrogen-bond acceptors (Lipinski definition) is 2. The standard InChI is InChI=1S/C23H41ClO2/c1-2-3-4-5-6-7-8-9-10-11-12-13-14-15-16-17-18-19-22(25)20-21-23(24)26/h9-10H,2-8,11-21H2,1H3/b10-9+. The lowest BCUT2D eigenvalue weighted by Gasteiger charge is -2.01. The molecule has 0 heterocycles. The number of hydrogen-bond donors (Lipinski definition) is 0. The number of halogens is 1. The summed E-state index contributed by atoms with van der Waals surface area (Å²) in [7, 11) is 0. The smallest absolute Gasteiger partial charge is 0.222 e. The van der Waals surface area contributed by atoms with E-state index in [1.807, 2.05) is 0 Å². The van der Waals surface area contributed by atoms with Gasteiger partial charge in [-0.15, -0.1) is 0 Å². The first kappa shape index (κ1) is 25.4. The van der Waals surface area contributed by atoms with Gasteiger partial charge in [-0.1, -0.05) is 83.3 Å². The highest BCUT2D eigenvalue weighted by Crippen LogP contribution is 2.12. The third-order valence-electron chi connectivity index (χ3n) is 4.82. The van der Waals surface area contributed by atoms with Gasteiger partial charge in [0.15, 0.2) is 0 Å². The van der Waals surface area contributed by atoms with Crippen LogP contribution < -0.4 is 0 Å². The zero-order valence-corrected chi connectivity index (χ0v) is 17.8. The second-order valence-electron chi connectivity index (χ2n) is 7.44. The summed E-state index contributed by atoms with van der Waals surface area (Å²) in [6, 6.07) is 0. The summed E-state index contributed by atoms with van der Waals surface area (Å²) in [5.41, 5.74) is 0. The molecule has 0 amide bonds. The van der Waals surface area contributed by atoms with E-state index in [4.69, 9.17) is 11.6 Å². The molecule has 26 heavy (non-hydrogen) atoms. The molecule has 0 aliphatic heterocycles. The fourth-order valence-electron chi connectivity index (χ4n) is 3.11. The van der Waals surface area contributed by atoms with E-state index < -0.39 is 5.24 Å². The van der Waals surface area contributed by atoms with Crippen molar-refractivity contribution >= 4 is 22.6 Å². The van der Waals surface area contributed by atoms with E-state index in [1.54, 1.807) is 0 Å². The lowest BCUT2D eigenvalue weighted by atomic mass is 10.0. The highest BCUT2D eigenvalue weighted by molar-refractivity contribution is 6.63. The second-order valence-corrected chi connectivity index (χ2v) is 7.86. The van der Waals surface area contributed by atoms with Gasteiger partial charge in [-0.25, -0.2) is 0 Å². The number of ketones is 1. The molecular weight excluding hydrogens is 344 g/mol. The molecule has 0 aliphatic carbocycles. The van der Waals surface area contributed by atoms with Crippen LogP contribution >= 0.6 is 11.6 Å². The Balaban J connectivity index is 3.18. The van der Waals surface area contributed by atoms with E-state index in [0.717, 1.165) is 12.8 Å². The van der Waals surface area contributed by atoms with Crippen LogP contribution in [0.25, 0.3) is 0 Å². The average Bonchev–Trinajstić information content (AvgIpc) is 2.62. The molecule has 0 saturated heterocycles. The molecule has 0 spiro atoms. The van der Waals surface area contributed by atoms with Crippen molar-refractivity contribution in [2.45, 2.75) is 122 Å².